The first-order valence-electron chi connectivity index (χ1n) is 9.70. The van der Waals surface area contributed by atoms with E-state index in [1.807, 2.05) is 6.07 Å². The summed E-state index contributed by atoms with van der Waals surface area (Å²) in [5.74, 6) is 0.757. The molecule has 1 amide bonds. The summed E-state index contributed by atoms with van der Waals surface area (Å²) >= 11 is 5.44. The molecular weight excluding hydrogens is 428 g/mol. The van der Waals surface area contributed by atoms with Gasteiger partial charge in [-0.05, 0) is 54.2 Å². The zero-order valence-electron chi connectivity index (χ0n) is 17.4. The number of amides is 1. The number of methoxy groups -OCH3 is 2. The van der Waals surface area contributed by atoms with E-state index >= 15 is 0 Å². The van der Waals surface area contributed by atoms with Crippen LogP contribution < -0.4 is 20.3 Å². The minimum atomic E-state index is -0.307. The van der Waals surface area contributed by atoms with Crippen molar-refractivity contribution < 1.29 is 14.3 Å². The fourth-order valence-corrected chi connectivity index (χ4v) is 3.64. The topological polar surface area (TPSA) is 98.2 Å². The Morgan fingerprint density at radius 2 is 1.94 bits per heavy atom. The van der Waals surface area contributed by atoms with Gasteiger partial charge in [-0.1, -0.05) is 6.07 Å². The van der Waals surface area contributed by atoms with Crippen molar-refractivity contribution in [1.82, 2.24) is 19.9 Å². The van der Waals surface area contributed by atoms with Crippen molar-refractivity contribution >= 4 is 29.0 Å². The second kappa shape index (κ2) is 9.03. The van der Waals surface area contributed by atoms with Gasteiger partial charge < -0.3 is 19.8 Å². The Labute approximate surface area is 188 Å². The fraction of sp³-hybridized carbons (Fsp3) is 0.130. The van der Waals surface area contributed by atoms with E-state index in [4.69, 9.17) is 21.7 Å². The number of aromatic amines is 1. The molecule has 0 atom stereocenters. The highest BCUT2D eigenvalue weighted by Gasteiger charge is 2.13. The summed E-state index contributed by atoms with van der Waals surface area (Å²) in [6.07, 6.45) is 3.36. The highest BCUT2D eigenvalue weighted by molar-refractivity contribution is 7.71. The third-order valence-electron chi connectivity index (χ3n) is 4.96. The van der Waals surface area contributed by atoms with E-state index in [9.17, 15) is 9.59 Å². The van der Waals surface area contributed by atoms with Gasteiger partial charge in [0, 0.05) is 30.6 Å². The zero-order valence-corrected chi connectivity index (χ0v) is 18.2. The van der Waals surface area contributed by atoms with Crippen molar-refractivity contribution in [3.8, 4) is 17.2 Å². The van der Waals surface area contributed by atoms with Gasteiger partial charge in [0.15, 0.2) is 16.3 Å². The van der Waals surface area contributed by atoms with Crippen LogP contribution in [0.25, 0.3) is 16.6 Å². The number of aromatic nitrogens is 3. The van der Waals surface area contributed by atoms with Crippen LogP contribution >= 0.6 is 12.2 Å². The molecule has 2 heterocycles. The number of nitrogens with one attached hydrogen (secondary N) is 2. The van der Waals surface area contributed by atoms with Crippen LogP contribution in [0.4, 0.5) is 0 Å². The van der Waals surface area contributed by atoms with Crippen molar-refractivity contribution in [3.05, 3.63) is 87.2 Å². The zero-order chi connectivity index (χ0) is 22.7. The average molecular weight is 449 g/mol. The van der Waals surface area contributed by atoms with Gasteiger partial charge in [0.05, 0.1) is 30.8 Å². The van der Waals surface area contributed by atoms with Gasteiger partial charge in [-0.25, -0.2) is 0 Å². The van der Waals surface area contributed by atoms with Crippen molar-refractivity contribution in [2.45, 2.75) is 6.54 Å². The lowest BCUT2D eigenvalue weighted by molar-refractivity contribution is 0.0951. The highest BCUT2D eigenvalue weighted by Crippen LogP contribution is 2.29. The molecule has 0 bridgehead atoms. The lowest BCUT2D eigenvalue weighted by Gasteiger charge is -2.12. The van der Waals surface area contributed by atoms with Gasteiger partial charge in [-0.2, -0.15) is 0 Å². The van der Waals surface area contributed by atoms with E-state index in [1.165, 1.54) is 18.8 Å². The first-order valence-corrected chi connectivity index (χ1v) is 10.1. The minimum absolute atomic E-state index is 0.197. The molecule has 0 radical (unpaired) electrons. The number of ether oxygens (including phenoxy) is 2. The van der Waals surface area contributed by atoms with Gasteiger partial charge in [-0.15, -0.1) is 0 Å². The number of fused-ring (bicyclic) bond motifs is 1. The summed E-state index contributed by atoms with van der Waals surface area (Å²) in [7, 11) is 3.06. The number of H-pyrrole nitrogens is 1. The number of hydrogen-bond acceptors (Lipinski definition) is 6. The average Bonchev–Trinajstić information content (AvgIpc) is 2.82. The van der Waals surface area contributed by atoms with Crippen LogP contribution in [0.5, 0.6) is 11.5 Å². The maximum absolute atomic E-state index is 13.2. The predicted molar refractivity (Wildman–Crippen MR) is 123 cm³/mol. The van der Waals surface area contributed by atoms with E-state index in [1.54, 1.807) is 54.9 Å². The van der Waals surface area contributed by atoms with Gasteiger partial charge in [0.2, 0.25) is 0 Å². The number of benzene rings is 2. The van der Waals surface area contributed by atoms with Crippen molar-refractivity contribution in [2.75, 3.05) is 14.2 Å². The Morgan fingerprint density at radius 3 is 2.66 bits per heavy atom. The first kappa shape index (κ1) is 21.3. The van der Waals surface area contributed by atoms with Crippen molar-refractivity contribution in [1.29, 1.82) is 0 Å². The normalized spacial score (nSPS) is 10.7. The van der Waals surface area contributed by atoms with Crippen LogP contribution in [0.3, 0.4) is 0 Å². The summed E-state index contributed by atoms with van der Waals surface area (Å²) in [4.78, 5) is 32.8. The molecule has 0 saturated heterocycles. The van der Waals surface area contributed by atoms with Crippen LogP contribution in [-0.4, -0.2) is 34.7 Å². The van der Waals surface area contributed by atoms with Gasteiger partial charge in [-0.3, -0.25) is 19.1 Å². The monoisotopic (exact) mass is 448 g/mol. The molecule has 0 aliphatic heterocycles. The predicted octanol–water partition coefficient (Wildman–Crippen LogP) is 3.39. The van der Waals surface area contributed by atoms with Gasteiger partial charge in [0.25, 0.3) is 11.5 Å². The number of nitrogens with zero attached hydrogens (tertiary/aromatic N) is 2. The Bertz CT molecular complexity index is 1410. The number of hydrogen-bond donors (Lipinski definition) is 2. The Kier molecular flexibility index (Phi) is 6.00. The third-order valence-corrected chi connectivity index (χ3v) is 5.25. The van der Waals surface area contributed by atoms with Crippen molar-refractivity contribution in [2.24, 2.45) is 0 Å². The second-order valence-electron chi connectivity index (χ2n) is 6.91. The SMILES string of the molecule is COc1ccc(-n2c(=S)[nH]c3cc(C(=O)NCc4cccnc4)ccc3c2=O)cc1OC. The van der Waals surface area contributed by atoms with E-state index < -0.39 is 0 Å². The molecule has 0 aliphatic carbocycles. The number of carbonyl (C=O) groups is 1. The minimum Gasteiger partial charge on any atom is -0.493 e. The summed E-state index contributed by atoms with van der Waals surface area (Å²) in [6.45, 7) is 0.349. The molecule has 9 heteroatoms. The smallest absolute Gasteiger partial charge is 0.266 e. The number of pyridine rings is 1. The molecule has 0 saturated carbocycles. The molecular formula is C23H20N4O4S. The molecule has 2 aromatic carbocycles. The first-order chi connectivity index (χ1) is 15.5. The standard InChI is InChI=1S/C23H20N4O4S/c1-30-19-8-6-16(11-20(19)31-2)27-22(29)17-7-5-15(10-18(17)26-23(27)32)21(28)25-13-14-4-3-9-24-12-14/h3-12H,13H2,1-2H3,(H,25,28)(H,26,32). The third kappa shape index (κ3) is 4.10. The second-order valence-corrected chi connectivity index (χ2v) is 7.30. The van der Waals surface area contributed by atoms with E-state index in [-0.39, 0.29) is 16.2 Å². The van der Waals surface area contributed by atoms with Crippen LogP contribution in [0.2, 0.25) is 0 Å². The van der Waals surface area contributed by atoms with E-state index in [2.05, 4.69) is 15.3 Å². The molecule has 4 rings (SSSR count). The van der Waals surface area contributed by atoms with Gasteiger partial charge in [0.1, 0.15) is 0 Å². The summed E-state index contributed by atoms with van der Waals surface area (Å²) in [5.41, 5.74) is 2.01. The van der Waals surface area contributed by atoms with Gasteiger partial charge >= 0.3 is 0 Å². The number of carbonyl (C=O) groups excluding carboxylic acids is 1. The summed E-state index contributed by atoms with van der Waals surface area (Å²) < 4.78 is 12.2. The van der Waals surface area contributed by atoms with Crippen LogP contribution in [-0.2, 0) is 6.54 Å². The molecule has 0 aliphatic rings. The maximum atomic E-state index is 13.2. The summed E-state index contributed by atoms with van der Waals surface area (Å²) in [6, 6.07) is 13.6. The molecule has 4 aromatic rings. The highest BCUT2D eigenvalue weighted by atomic mass is 32.1. The molecule has 2 N–H and O–H groups in total. The molecule has 162 valence electrons. The van der Waals surface area contributed by atoms with Crippen LogP contribution in [0.1, 0.15) is 15.9 Å². The lowest BCUT2D eigenvalue weighted by atomic mass is 10.1. The van der Waals surface area contributed by atoms with Crippen molar-refractivity contribution in [3.63, 3.8) is 0 Å². The van der Waals surface area contributed by atoms with E-state index in [0.29, 0.717) is 40.2 Å². The molecule has 0 unspecified atom stereocenters. The summed E-state index contributed by atoms with van der Waals surface area (Å²) in [5, 5.41) is 3.24. The Hall–Kier alpha value is -3.98. The Morgan fingerprint density at radius 1 is 1.12 bits per heavy atom. The Balaban J connectivity index is 1.69. The fourth-order valence-electron chi connectivity index (χ4n) is 3.34. The van der Waals surface area contributed by atoms with Crippen LogP contribution in [0, 0.1) is 4.77 Å². The molecule has 2 aromatic heterocycles. The maximum Gasteiger partial charge on any atom is 0.266 e. The molecule has 32 heavy (non-hydrogen) atoms. The quantitative estimate of drug-likeness (QED) is 0.439. The van der Waals surface area contributed by atoms with E-state index in [0.717, 1.165) is 5.56 Å². The number of rotatable bonds is 6. The molecule has 0 fully saturated rings. The lowest BCUT2D eigenvalue weighted by Crippen LogP contribution is -2.24. The molecule has 0 spiro atoms. The van der Waals surface area contributed by atoms with Crippen LogP contribution in [0.15, 0.2) is 65.7 Å². The molecule has 8 nitrogen and oxygen atoms in total. The largest absolute Gasteiger partial charge is 0.493 e.